The maximum atomic E-state index is 11.6. The van der Waals surface area contributed by atoms with Crippen molar-refractivity contribution in [2.75, 3.05) is 0 Å². The van der Waals surface area contributed by atoms with Crippen molar-refractivity contribution < 1.29 is 14.7 Å². The molecule has 0 aliphatic carbocycles. The molecule has 1 atom stereocenters. The van der Waals surface area contributed by atoms with Crippen molar-refractivity contribution in [3.63, 3.8) is 0 Å². The van der Waals surface area contributed by atoms with Crippen LogP contribution < -0.4 is 5.32 Å². The minimum atomic E-state index is -0.806. The Morgan fingerprint density at radius 1 is 1.44 bits per heavy atom. The topological polar surface area (TPSA) is 97.1 Å². The highest BCUT2D eigenvalue weighted by Crippen LogP contribution is 2.01. The van der Waals surface area contributed by atoms with Gasteiger partial charge in [0.05, 0.1) is 6.54 Å². The number of carbonyl (C=O) groups is 2. The van der Waals surface area contributed by atoms with E-state index in [1.54, 1.807) is 11.0 Å². The zero-order chi connectivity index (χ0) is 13.4. The maximum Gasteiger partial charge on any atom is 0.303 e. The number of carbonyl (C=O) groups excluding carboxylic acids is 1. The van der Waals surface area contributed by atoms with E-state index < -0.39 is 5.97 Å². The summed E-state index contributed by atoms with van der Waals surface area (Å²) in [6.45, 7) is 2.36. The van der Waals surface area contributed by atoms with E-state index >= 15 is 0 Å². The molecule has 7 nitrogen and oxygen atoms in total. The second-order valence-electron chi connectivity index (χ2n) is 4.16. The van der Waals surface area contributed by atoms with Crippen LogP contribution in [0, 0.1) is 0 Å². The normalized spacial score (nSPS) is 12.1. The number of carboxylic acids is 1. The Bertz CT molecular complexity index is 378. The SMILES string of the molecule is CC(CCCC(=O)O)NC(=O)CCn1cncn1. The van der Waals surface area contributed by atoms with Gasteiger partial charge in [-0.15, -0.1) is 0 Å². The molecule has 0 aliphatic rings. The summed E-state index contributed by atoms with van der Waals surface area (Å²) >= 11 is 0. The van der Waals surface area contributed by atoms with Crippen molar-refractivity contribution in [1.82, 2.24) is 20.1 Å². The number of rotatable bonds is 8. The predicted octanol–water partition coefficient (Wildman–Crippen LogP) is 0.428. The highest BCUT2D eigenvalue weighted by molar-refractivity contribution is 5.76. The van der Waals surface area contributed by atoms with Crippen molar-refractivity contribution in [3.05, 3.63) is 12.7 Å². The van der Waals surface area contributed by atoms with Gasteiger partial charge in [0.2, 0.25) is 5.91 Å². The van der Waals surface area contributed by atoms with Crippen molar-refractivity contribution in [3.8, 4) is 0 Å². The number of aryl methyl sites for hydroxylation is 1. The van der Waals surface area contributed by atoms with Crippen molar-refractivity contribution >= 4 is 11.9 Å². The van der Waals surface area contributed by atoms with Crippen LogP contribution >= 0.6 is 0 Å². The Morgan fingerprint density at radius 2 is 2.22 bits per heavy atom. The van der Waals surface area contributed by atoms with Crippen LogP contribution in [0.3, 0.4) is 0 Å². The monoisotopic (exact) mass is 254 g/mol. The molecule has 0 radical (unpaired) electrons. The van der Waals surface area contributed by atoms with Gasteiger partial charge in [-0.3, -0.25) is 14.3 Å². The Labute approximate surface area is 105 Å². The molecule has 0 saturated heterocycles. The summed E-state index contributed by atoms with van der Waals surface area (Å²) in [5.41, 5.74) is 0. The molecule has 0 fully saturated rings. The lowest BCUT2D eigenvalue weighted by Gasteiger charge is -2.13. The number of amides is 1. The number of aromatic nitrogens is 3. The minimum Gasteiger partial charge on any atom is -0.481 e. The van der Waals surface area contributed by atoms with Crippen LogP contribution in [0.15, 0.2) is 12.7 Å². The van der Waals surface area contributed by atoms with Gasteiger partial charge in [-0.05, 0) is 19.8 Å². The zero-order valence-corrected chi connectivity index (χ0v) is 10.4. The van der Waals surface area contributed by atoms with E-state index in [1.807, 2.05) is 6.92 Å². The average molecular weight is 254 g/mol. The van der Waals surface area contributed by atoms with Crippen molar-refractivity contribution in [2.45, 2.75) is 45.2 Å². The first-order valence-corrected chi connectivity index (χ1v) is 5.91. The largest absolute Gasteiger partial charge is 0.481 e. The molecule has 0 aliphatic heterocycles. The van der Waals surface area contributed by atoms with E-state index in [9.17, 15) is 9.59 Å². The Hall–Kier alpha value is -1.92. The van der Waals surface area contributed by atoms with E-state index in [2.05, 4.69) is 15.4 Å². The number of carboxylic acid groups (broad SMARTS) is 1. The van der Waals surface area contributed by atoms with E-state index in [1.165, 1.54) is 6.33 Å². The number of nitrogens with one attached hydrogen (secondary N) is 1. The molecule has 0 aromatic carbocycles. The first-order valence-electron chi connectivity index (χ1n) is 5.91. The van der Waals surface area contributed by atoms with Gasteiger partial charge < -0.3 is 10.4 Å². The van der Waals surface area contributed by atoms with Crippen LogP contribution in [0.1, 0.15) is 32.6 Å². The number of hydrogen-bond acceptors (Lipinski definition) is 4. The van der Waals surface area contributed by atoms with Crippen LogP contribution in [-0.2, 0) is 16.1 Å². The van der Waals surface area contributed by atoms with Gasteiger partial charge in [-0.2, -0.15) is 5.10 Å². The van der Waals surface area contributed by atoms with Gasteiger partial charge in [0.25, 0.3) is 0 Å². The highest BCUT2D eigenvalue weighted by Gasteiger charge is 2.08. The standard InChI is InChI=1S/C11H18N4O3/c1-9(3-2-4-11(17)18)14-10(16)5-6-15-8-12-7-13-15/h7-9H,2-6H2,1H3,(H,14,16)(H,17,18). The molecular weight excluding hydrogens is 236 g/mol. The lowest BCUT2D eigenvalue weighted by molar-refractivity contribution is -0.137. The van der Waals surface area contributed by atoms with Gasteiger partial charge in [0.15, 0.2) is 0 Å². The molecule has 1 aromatic heterocycles. The van der Waals surface area contributed by atoms with Crippen LogP contribution in [0.2, 0.25) is 0 Å². The third-order valence-corrected chi connectivity index (χ3v) is 2.47. The van der Waals surface area contributed by atoms with Crippen LogP contribution in [0.5, 0.6) is 0 Å². The molecule has 1 aromatic rings. The van der Waals surface area contributed by atoms with Gasteiger partial charge in [0, 0.05) is 18.9 Å². The second kappa shape index (κ2) is 7.41. The highest BCUT2D eigenvalue weighted by atomic mass is 16.4. The second-order valence-corrected chi connectivity index (χ2v) is 4.16. The fourth-order valence-electron chi connectivity index (χ4n) is 1.54. The molecule has 1 rings (SSSR count). The zero-order valence-electron chi connectivity index (χ0n) is 10.4. The summed E-state index contributed by atoms with van der Waals surface area (Å²) in [6.07, 6.45) is 4.70. The van der Waals surface area contributed by atoms with Crippen molar-refractivity contribution in [1.29, 1.82) is 0 Å². The quantitative estimate of drug-likeness (QED) is 0.701. The molecule has 1 unspecified atom stereocenters. The summed E-state index contributed by atoms with van der Waals surface area (Å²) in [5, 5.41) is 15.2. The van der Waals surface area contributed by atoms with E-state index in [0.717, 1.165) is 0 Å². The summed E-state index contributed by atoms with van der Waals surface area (Å²) in [6, 6.07) is -0.00686. The summed E-state index contributed by atoms with van der Waals surface area (Å²) in [4.78, 5) is 25.7. The van der Waals surface area contributed by atoms with E-state index in [0.29, 0.717) is 25.8 Å². The number of hydrogen-bond donors (Lipinski definition) is 2. The first-order chi connectivity index (χ1) is 8.58. The van der Waals surface area contributed by atoms with Gasteiger partial charge in [0.1, 0.15) is 12.7 Å². The number of aliphatic carboxylic acids is 1. The molecule has 1 amide bonds. The number of nitrogens with zero attached hydrogens (tertiary/aromatic N) is 3. The predicted molar refractivity (Wildman–Crippen MR) is 63.7 cm³/mol. The Morgan fingerprint density at radius 3 is 2.83 bits per heavy atom. The lowest BCUT2D eigenvalue weighted by Crippen LogP contribution is -2.33. The molecule has 0 saturated carbocycles. The Balaban J connectivity index is 2.13. The Kier molecular flexibility index (Phi) is 5.83. The molecule has 2 N–H and O–H groups in total. The van der Waals surface area contributed by atoms with E-state index in [4.69, 9.17) is 5.11 Å². The molecule has 1 heterocycles. The van der Waals surface area contributed by atoms with Crippen LogP contribution in [-0.4, -0.2) is 37.8 Å². The van der Waals surface area contributed by atoms with Gasteiger partial charge in [-0.25, -0.2) is 4.98 Å². The summed E-state index contributed by atoms with van der Waals surface area (Å²) in [5.74, 6) is -0.868. The van der Waals surface area contributed by atoms with Crippen molar-refractivity contribution in [2.24, 2.45) is 0 Å². The van der Waals surface area contributed by atoms with Gasteiger partial charge >= 0.3 is 5.97 Å². The third-order valence-electron chi connectivity index (χ3n) is 2.47. The van der Waals surface area contributed by atoms with Crippen LogP contribution in [0.4, 0.5) is 0 Å². The summed E-state index contributed by atoms with van der Waals surface area (Å²) in [7, 11) is 0. The fraction of sp³-hybridized carbons (Fsp3) is 0.636. The smallest absolute Gasteiger partial charge is 0.303 e. The molecule has 0 bridgehead atoms. The average Bonchev–Trinajstić information content (AvgIpc) is 2.78. The van der Waals surface area contributed by atoms with Gasteiger partial charge in [-0.1, -0.05) is 0 Å². The minimum absolute atomic E-state index is 0.00686. The molecule has 7 heteroatoms. The third kappa shape index (κ3) is 5.97. The van der Waals surface area contributed by atoms with E-state index in [-0.39, 0.29) is 18.4 Å². The molecule has 100 valence electrons. The molecule has 0 spiro atoms. The van der Waals surface area contributed by atoms with Crippen LogP contribution in [0.25, 0.3) is 0 Å². The molecule has 18 heavy (non-hydrogen) atoms. The lowest BCUT2D eigenvalue weighted by atomic mass is 10.1. The fourth-order valence-corrected chi connectivity index (χ4v) is 1.54. The first kappa shape index (κ1) is 14.1. The summed E-state index contributed by atoms with van der Waals surface area (Å²) < 4.78 is 1.59. The molecular formula is C11H18N4O3. The maximum absolute atomic E-state index is 11.6.